The molecule has 0 aliphatic carbocycles. The van der Waals surface area contributed by atoms with Gasteiger partial charge in [0, 0.05) is 25.2 Å². The Balaban J connectivity index is 1.88. The van der Waals surface area contributed by atoms with E-state index in [0.29, 0.717) is 6.42 Å². The molecule has 0 bridgehead atoms. The summed E-state index contributed by atoms with van der Waals surface area (Å²) in [5, 5.41) is 7.14. The molecule has 1 aromatic rings. The van der Waals surface area contributed by atoms with Gasteiger partial charge in [-0.2, -0.15) is 0 Å². The minimum absolute atomic E-state index is 0.167. The van der Waals surface area contributed by atoms with Gasteiger partial charge in [0.15, 0.2) is 0 Å². The molecule has 1 aliphatic heterocycles. The number of nitrogens with zero attached hydrogens (tertiary/aromatic N) is 1. The lowest BCUT2D eigenvalue weighted by molar-refractivity contribution is 0.626. The molecule has 0 atom stereocenters. The van der Waals surface area contributed by atoms with Crippen LogP contribution in [-0.4, -0.2) is 18.9 Å². The molecule has 1 aliphatic rings. The zero-order valence-corrected chi connectivity index (χ0v) is 9.88. The lowest BCUT2D eigenvalue weighted by atomic mass is 10.1. The molecule has 2 rings (SSSR count). The highest BCUT2D eigenvalue weighted by molar-refractivity contribution is 5.76. The summed E-state index contributed by atoms with van der Waals surface area (Å²) in [5.41, 5.74) is 7.57. The summed E-state index contributed by atoms with van der Waals surface area (Å²) < 4.78 is 13.2. The number of benzene rings is 1. The number of unbranched alkanes of at least 4 members (excludes halogenated alkanes) is 1. The van der Waals surface area contributed by atoms with Gasteiger partial charge in [-0.1, -0.05) is 6.07 Å². The summed E-state index contributed by atoms with van der Waals surface area (Å²) in [6.45, 7) is 1.89. The molecule has 0 unspecified atom stereocenters. The first-order valence-corrected chi connectivity index (χ1v) is 6.03. The Kier molecular flexibility index (Phi) is 3.61. The summed E-state index contributed by atoms with van der Waals surface area (Å²) in [5.74, 6) is 0.0808. The van der Waals surface area contributed by atoms with Crippen LogP contribution in [0.1, 0.15) is 24.8 Å². The van der Waals surface area contributed by atoms with Crippen molar-refractivity contribution in [2.45, 2.75) is 25.7 Å². The number of nitrogens with one attached hydrogen (secondary N) is 1. The first-order valence-electron chi connectivity index (χ1n) is 6.03. The number of hydrogen-bond acceptors (Lipinski definition) is 2. The average Bonchev–Trinajstić information content (AvgIpc) is 2.67. The van der Waals surface area contributed by atoms with Crippen LogP contribution in [0.2, 0.25) is 0 Å². The minimum atomic E-state index is -0.167. The maximum Gasteiger partial charge on any atom is 0.125 e. The van der Waals surface area contributed by atoms with Gasteiger partial charge in [-0.25, -0.2) is 4.39 Å². The Morgan fingerprint density at radius 3 is 3.00 bits per heavy atom. The third-order valence-electron chi connectivity index (χ3n) is 3.16. The average molecular weight is 235 g/mol. The highest BCUT2D eigenvalue weighted by atomic mass is 19.1. The quantitative estimate of drug-likeness (QED) is 0.467. The number of anilines is 1. The number of amidine groups is 1. The zero-order valence-electron chi connectivity index (χ0n) is 9.88. The van der Waals surface area contributed by atoms with E-state index in [1.165, 1.54) is 11.6 Å². The Morgan fingerprint density at radius 1 is 1.41 bits per heavy atom. The van der Waals surface area contributed by atoms with E-state index in [1.54, 1.807) is 6.07 Å². The van der Waals surface area contributed by atoms with Gasteiger partial charge in [-0.05, 0) is 37.0 Å². The number of fused-ring (bicyclic) bond motifs is 1. The molecule has 92 valence electrons. The molecule has 3 N–H and O–H groups in total. The van der Waals surface area contributed by atoms with E-state index in [1.807, 2.05) is 6.07 Å². The third kappa shape index (κ3) is 2.96. The molecule has 1 aromatic carbocycles. The normalized spacial score (nSPS) is 13.8. The van der Waals surface area contributed by atoms with Gasteiger partial charge < -0.3 is 10.6 Å². The molecule has 0 saturated heterocycles. The second-order valence-electron chi connectivity index (χ2n) is 4.49. The molecular weight excluding hydrogens is 217 g/mol. The van der Waals surface area contributed by atoms with Crippen LogP contribution in [-0.2, 0) is 6.42 Å². The number of rotatable bonds is 5. The fourth-order valence-corrected chi connectivity index (χ4v) is 2.27. The second kappa shape index (κ2) is 5.17. The van der Waals surface area contributed by atoms with Crippen molar-refractivity contribution in [2.24, 2.45) is 5.73 Å². The van der Waals surface area contributed by atoms with E-state index in [-0.39, 0.29) is 11.7 Å². The summed E-state index contributed by atoms with van der Waals surface area (Å²) in [4.78, 5) is 2.22. The summed E-state index contributed by atoms with van der Waals surface area (Å²) in [6, 6.07) is 5.02. The molecule has 1 heterocycles. The largest absolute Gasteiger partial charge is 0.388 e. The van der Waals surface area contributed by atoms with Crippen molar-refractivity contribution in [3.8, 4) is 0 Å². The molecule has 3 nitrogen and oxygen atoms in total. The monoisotopic (exact) mass is 235 g/mol. The molecule has 0 amide bonds. The molecule has 0 fully saturated rings. The molecule has 0 saturated carbocycles. The van der Waals surface area contributed by atoms with Crippen molar-refractivity contribution in [3.05, 3.63) is 29.6 Å². The maximum atomic E-state index is 13.2. The van der Waals surface area contributed by atoms with Crippen LogP contribution in [0, 0.1) is 11.2 Å². The van der Waals surface area contributed by atoms with Crippen LogP contribution in [0.15, 0.2) is 18.2 Å². The summed E-state index contributed by atoms with van der Waals surface area (Å²) in [6.07, 6.45) is 3.58. The third-order valence-corrected chi connectivity index (χ3v) is 3.16. The van der Waals surface area contributed by atoms with Crippen LogP contribution in [0.3, 0.4) is 0 Å². The van der Waals surface area contributed by atoms with Crippen LogP contribution < -0.4 is 10.6 Å². The van der Waals surface area contributed by atoms with Crippen molar-refractivity contribution in [1.82, 2.24) is 0 Å². The van der Waals surface area contributed by atoms with Crippen molar-refractivity contribution < 1.29 is 4.39 Å². The van der Waals surface area contributed by atoms with Gasteiger partial charge in [-0.15, -0.1) is 0 Å². The molecular formula is C13H18FN3. The molecule has 0 radical (unpaired) electrons. The molecule has 0 spiro atoms. The second-order valence-corrected chi connectivity index (χ2v) is 4.49. The Labute approximate surface area is 101 Å². The van der Waals surface area contributed by atoms with Crippen molar-refractivity contribution in [2.75, 3.05) is 18.0 Å². The minimum Gasteiger partial charge on any atom is -0.388 e. The fourth-order valence-electron chi connectivity index (χ4n) is 2.27. The Morgan fingerprint density at radius 2 is 2.24 bits per heavy atom. The highest BCUT2D eigenvalue weighted by Gasteiger charge is 2.18. The zero-order chi connectivity index (χ0) is 12.3. The number of nitrogens with two attached hydrogens (primary N) is 1. The van der Waals surface area contributed by atoms with Gasteiger partial charge in [0.2, 0.25) is 0 Å². The summed E-state index contributed by atoms with van der Waals surface area (Å²) in [7, 11) is 0. The van der Waals surface area contributed by atoms with Gasteiger partial charge in [-0.3, -0.25) is 5.41 Å². The van der Waals surface area contributed by atoms with E-state index in [4.69, 9.17) is 11.1 Å². The van der Waals surface area contributed by atoms with Crippen LogP contribution in [0.4, 0.5) is 10.1 Å². The number of halogens is 1. The van der Waals surface area contributed by atoms with E-state index in [9.17, 15) is 4.39 Å². The maximum absolute atomic E-state index is 13.2. The molecule has 4 heteroatoms. The van der Waals surface area contributed by atoms with E-state index < -0.39 is 0 Å². The Hall–Kier alpha value is -1.58. The molecule has 0 aromatic heterocycles. The van der Waals surface area contributed by atoms with Gasteiger partial charge in [0.05, 0.1) is 5.84 Å². The number of hydrogen-bond donors (Lipinski definition) is 2. The topological polar surface area (TPSA) is 53.1 Å². The van der Waals surface area contributed by atoms with Crippen molar-refractivity contribution >= 4 is 11.5 Å². The predicted octanol–water partition coefficient (Wildman–Crippen LogP) is 2.29. The van der Waals surface area contributed by atoms with E-state index >= 15 is 0 Å². The first kappa shape index (κ1) is 11.9. The lowest BCUT2D eigenvalue weighted by Gasteiger charge is -2.19. The Bertz CT molecular complexity index is 417. The first-order chi connectivity index (χ1) is 8.16. The van der Waals surface area contributed by atoms with Crippen LogP contribution >= 0.6 is 0 Å². The standard InChI is InChI=1S/C13H18FN3/c14-11-5-4-10-6-8-17(12(10)9-11)7-2-1-3-13(15)16/h4-5,9H,1-3,6-8H2,(H3,15,16). The van der Waals surface area contributed by atoms with E-state index in [0.717, 1.165) is 38.0 Å². The van der Waals surface area contributed by atoms with Crippen LogP contribution in [0.25, 0.3) is 0 Å². The van der Waals surface area contributed by atoms with Crippen molar-refractivity contribution in [1.29, 1.82) is 5.41 Å². The molecule has 17 heavy (non-hydrogen) atoms. The summed E-state index contributed by atoms with van der Waals surface area (Å²) >= 11 is 0. The van der Waals surface area contributed by atoms with Gasteiger partial charge >= 0.3 is 0 Å². The highest BCUT2D eigenvalue weighted by Crippen LogP contribution is 2.28. The lowest BCUT2D eigenvalue weighted by Crippen LogP contribution is -2.22. The van der Waals surface area contributed by atoms with Gasteiger partial charge in [0.1, 0.15) is 5.82 Å². The predicted molar refractivity (Wildman–Crippen MR) is 68.1 cm³/mol. The van der Waals surface area contributed by atoms with Crippen LogP contribution in [0.5, 0.6) is 0 Å². The van der Waals surface area contributed by atoms with E-state index in [2.05, 4.69) is 4.90 Å². The SMILES string of the molecule is N=C(N)CCCCN1CCc2ccc(F)cc21. The smallest absolute Gasteiger partial charge is 0.125 e. The van der Waals surface area contributed by atoms with Gasteiger partial charge in [0.25, 0.3) is 0 Å². The fraction of sp³-hybridized carbons (Fsp3) is 0.462. The van der Waals surface area contributed by atoms with Crippen molar-refractivity contribution in [3.63, 3.8) is 0 Å².